The topological polar surface area (TPSA) is 54.3 Å². The van der Waals surface area contributed by atoms with Gasteiger partial charge in [-0.05, 0) is 50.5 Å². The van der Waals surface area contributed by atoms with E-state index in [9.17, 15) is 9.90 Å². The number of rotatable bonds is 5. The van der Waals surface area contributed by atoms with E-state index in [1.165, 1.54) is 32.1 Å². The average molecular weight is 375 g/mol. The second-order valence-electron chi connectivity index (χ2n) is 7.22. The molecular weight excluding hydrogens is 348 g/mol. The Labute approximate surface area is 160 Å². The molecule has 1 fully saturated rings. The summed E-state index contributed by atoms with van der Waals surface area (Å²) in [7, 11) is 0. The molecule has 3 rings (SSSR count). The number of aromatic nitrogens is 1. The zero-order chi connectivity index (χ0) is 18.7. The Hall–Kier alpha value is -1.78. The lowest BCUT2D eigenvalue weighted by atomic mass is 9.95. The van der Waals surface area contributed by atoms with Crippen molar-refractivity contribution < 1.29 is 9.90 Å². The minimum absolute atomic E-state index is 0.131. The highest BCUT2D eigenvalue weighted by Crippen LogP contribution is 2.32. The molecule has 1 amide bonds. The Bertz CT molecular complexity index is 761. The van der Waals surface area contributed by atoms with Crippen LogP contribution in [0.4, 0.5) is 0 Å². The first-order chi connectivity index (χ1) is 12.5. The standard InChI is InChI=1S/C21H27ClN2O2/c1-14-12-19(15(2)24(14)18-6-4-3-5-7-18)21(26)23-13-20(25)16-8-10-17(22)11-9-16/h8-12,18,20,25H,3-7,13H2,1-2H3,(H,23,26). The molecule has 5 heteroatoms. The summed E-state index contributed by atoms with van der Waals surface area (Å²) in [4.78, 5) is 12.6. The number of benzene rings is 1. The van der Waals surface area contributed by atoms with E-state index in [4.69, 9.17) is 11.6 Å². The van der Waals surface area contributed by atoms with Crippen LogP contribution in [0.15, 0.2) is 30.3 Å². The molecular formula is C21H27ClN2O2. The van der Waals surface area contributed by atoms with Crippen molar-refractivity contribution in [1.82, 2.24) is 9.88 Å². The van der Waals surface area contributed by atoms with E-state index in [0.29, 0.717) is 16.6 Å². The van der Waals surface area contributed by atoms with Crippen LogP contribution in [0, 0.1) is 13.8 Å². The molecule has 2 aromatic rings. The molecule has 1 saturated carbocycles. The summed E-state index contributed by atoms with van der Waals surface area (Å²) >= 11 is 5.87. The Morgan fingerprint density at radius 2 is 1.88 bits per heavy atom. The maximum Gasteiger partial charge on any atom is 0.253 e. The van der Waals surface area contributed by atoms with Gasteiger partial charge in [0.05, 0.1) is 11.7 Å². The highest BCUT2D eigenvalue weighted by molar-refractivity contribution is 6.30. The minimum Gasteiger partial charge on any atom is -0.387 e. The van der Waals surface area contributed by atoms with Crippen molar-refractivity contribution in [2.75, 3.05) is 6.54 Å². The van der Waals surface area contributed by atoms with Gasteiger partial charge in [0.25, 0.3) is 5.91 Å². The second-order valence-corrected chi connectivity index (χ2v) is 7.66. The van der Waals surface area contributed by atoms with Gasteiger partial charge in [0.2, 0.25) is 0 Å². The number of nitrogens with one attached hydrogen (secondary N) is 1. The summed E-state index contributed by atoms with van der Waals surface area (Å²) in [5.74, 6) is -0.131. The van der Waals surface area contributed by atoms with E-state index in [0.717, 1.165) is 17.0 Å². The Morgan fingerprint density at radius 3 is 2.54 bits per heavy atom. The molecule has 1 heterocycles. The maximum absolute atomic E-state index is 12.6. The van der Waals surface area contributed by atoms with Crippen LogP contribution in [0.1, 0.15) is 71.6 Å². The van der Waals surface area contributed by atoms with Crippen molar-refractivity contribution in [2.45, 2.75) is 58.1 Å². The molecule has 140 valence electrons. The zero-order valence-corrected chi connectivity index (χ0v) is 16.2. The molecule has 26 heavy (non-hydrogen) atoms. The third-order valence-electron chi connectivity index (χ3n) is 5.38. The number of aryl methyl sites for hydroxylation is 1. The number of carbonyl (C=O) groups excluding carboxylic acids is 1. The SMILES string of the molecule is Cc1cc(C(=O)NCC(O)c2ccc(Cl)cc2)c(C)n1C1CCCCC1. The molecule has 0 radical (unpaired) electrons. The van der Waals surface area contributed by atoms with Crippen LogP contribution in [0.25, 0.3) is 0 Å². The van der Waals surface area contributed by atoms with Gasteiger partial charge in [-0.2, -0.15) is 0 Å². The number of carbonyl (C=O) groups is 1. The Kier molecular flexibility index (Phi) is 6.05. The smallest absolute Gasteiger partial charge is 0.253 e. The molecule has 0 spiro atoms. The Balaban J connectivity index is 1.67. The fourth-order valence-electron chi connectivity index (χ4n) is 4.00. The van der Waals surface area contributed by atoms with Crippen molar-refractivity contribution in [3.8, 4) is 0 Å². The van der Waals surface area contributed by atoms with E-state index in [1.54, 1.807) is 24.3 Å². The molecule has 2 N–H and O–H groups in total. The van der Waals surface area contributed by atoms with Crippen LogP contribution < -0.4 is 5.32 Å². The predicted molar refractivity (Wildman–Crippen MR) is 105 cm³/mol. The van der Waals surface area contributed by atoms with Crippen LogP contribution >= 0.6 is 11.6 Å². The van der Waals surface area contributed by atoms with Gasteiger partial charge in [-0.1, -0.05) is 43.0 Å². The molecule has 1 aromatic carbocycles. The predicted octanol–water partition coefficient (Wildman–Crippen LogP) is 4.73. The van der Waals surface area contributed by atoms with Crippen LogP contribution in [-0.4, -0.2) is 22.1 Å². The number of aliphatic hydroxyl groups is 1. The fraction of sp³-hybridized carbons (Fsp3) is 0.476. The summed E-state index contributed by atoms with van der Waals surface area (Å²) in [6.45, 7) is 4.26. The molecule has 1 unspecified atom stereocenters. The van der Waals surface area contributed by atoms with Crippen LogP contribution in [0.5, 0.6) is 0 Å². The summed E-state index contributed by atoms with van der Waals surface area (Å²) in [6, 6.07) is 9.49. The van der Waals surface area contributed by atoms with E-state index in [1.807, 2.05) is 13.0 Å². The minimum atomic E-state index is -0.752. The van der Waals surface area contributed by atoms with Crippen molar-refractivity contribution >= 4 is 17.5 Å². The number of halogens is 1. The third kappa shape index (κ3) is 4.13. The lowest BCUT2D eigenvalue weighted by Crippen LogP contribution is -2.29. The van der Waals surface area contributed by atoms with Gasteiger partial charge < -0.3 is 15.0 Å². The summed E-state index contributed by atoms with van der Waals surface area (Å²) in [6.07, 6.45) is 5.45. The van der Waals surface area contributed by atoms with Crippen molar-refractivity contribution in [2.24, 2.45) is 0 Å². The molecule has 0 saturated heterocycles. The van der Waals surface area contributed by atoms with Gasteiger partial charge in [-0.15, -0.1) is 0 Å². The van der Waals surface area contributed by atoms with Gasteiger partial charge in [0.15, 0.2) is 0 Å². The normalized spacial score (nSPS) is 16.5. The van der Waals surface area contributed by atoms with E-state index in [2.05, 4.69) is 16.8 Å². The van der Waals surface area contributed by atoms with Gasteiger partial charge in [-0.3, -0.25) is 4.79 Å². The second kappa shape index (κ2) is 8.28. The Morgan fingerprint density at radius 1 is 1.23 bits per heavy atom. The lowest BCUT2D eigenvalue weighted by Gasteiger charge is -2.26. The van der Waals surface area contributed by atoms with E-state index in [-0.39, 0.29) is 12.5 Å². The van der Waals surface area contributed by atoms with Gasteiger partial charge in [0.1, 0.15) is 0 Å². The highest BCUT2D eigenvalue weighted by Gasteiger charge is 2.22. The van der Waals surface area contributed by atoms with E-state index < -0.39 is 6.10 Å². The first-order valence-electron chi connectivity index (χ1n) is 9.37. The van der Waals surface area contributed by atoms with Gasteiger partial charge >= 0.3 is 0 Å². The monoisotopic (exact) mass is 374 g/mol. The van der Waals surface area contributed by atoms with Gasteiger partial charge in [-0.25, -0.2) is 0 Å². The zero-order valence-electron chi connectivity index (χ0n) is 15.5. The number of nitrogens with zero attached hydrogens (tertiary/aromatic N) is 1. The number of hydrogen-bond acceptors (Lipinski definition) is 2. The lowest BCUT2D eigenvalue weighted by molar-refractivity contribution is 0.0915. The first-order valence-corrected chi connectivity index (χ1v) is 9.75. The molecule has 1 aliphatic rings. The molecule has 4 nitrogen and oxygen atoms in total. The van der Waals surface area contributed by atoms with Crippen molar-refractivity contribution in [1.29, 1.82) is 0 Å². The van der Waals surface area contributed by atoms with Crippen molar-refractivity contribution in [3.05, 3.63) is 57.9 Å². The average Bonchev–Trinajstić information content (AvgIpc) is 2.95. The quantitative estimate of drug-likeness (QED) is 0.795. The molecule has 0 bridgehead atoms. The van der Waals surface area contributed by atoms with E-state index >= 15 is 0 Å². The molecule has 1 atom stereocenters. The summed E-state index contributed by atoms with van der Waals surface area (Å²) < 4.78 is 2.32. The highest BCUT2D eigenvalue weighted by atomic mass is 35.5. The third-order valence-corrected chi connectivity index (χ3v) is 5.63. The van der Waals surface area contributed by atoms with Crippen LogP contribution in [0.2, 0.25) is 5.02 Å². The van der Waals surface area contributed by atoms with Crippen molar-refractivity contribution in [3.63, 3.8) is 0 Å². The number of aliphatic hydroxyl groups excluding tert-OH is 1. The maximum atomic E-state index is 12.6. The molecule has 1 aromatic heterocycles. The number of hydrogen-bond donors (Lipinski definition) is 2. The fourth-order valence-corrected chi connectivity index (χ4v) is 4.12. The molecule has 0 aliphatic heterocycles. The summed E-state index contributed by atoms with van der Waals surface area (Å²) in [5.41, 5.74) is 3.60. The molecule has 1 aliphatic carbocycles. The van der Waals surface area contributed by atoms with Crippen LogP contribution in [0.3, 0.4) is 0 Å². The van der Waals surface area contributed by atoms with Gasteiger partial charge in [0, 0.05) is 29.0 Å². The van der Waals surface area contributed by atoms with Crippen LogP contribution in [-0.2, 0) is 0 Å². The first kappa shape index (κ1) is 19.0. The number of amides is 1. The summed E-state index contributed by atoms with van der Waals surface area (Å²) in [5, 5.41) is 13.8. The largest absolute Gasteiger partial charge is 0.387 e.